The van der Waals surface area contributed by atoms with E-state index in [1.54, 1.807) is 5.57 Å². The van der Waals surface area contributed by atoms with Gasteiger partial charge in [0.25, 0.3) is 0 Å². The van der Waals surface area contributed by atoms with Crippen molar-refractivity contribution in [2.45, 2.75) is 77.7 Å². The van der Waals surface area contributed by atoms with Crippen molar-refractivity contribution in [3.63, 3.8) is 0 Å². The fourth-order valence-corrected chi connectivity index (χ4v) is 8.55. The summed E-state index contributed by atoms with van der Waals surface area (Å²) in [6, 6.07) is 4.17. The van der Waals surface area contributed by atoms with Gasteiger partial charge in [-0.3, -0.25) is 9.88 Å². The Balaban J connectivity index is 1.18. The molecular formula is C30H39N3O2. The third-order valence-corrected chi connectivity index (χ3v) is 10.6. The van der Waals surface area contributed by atoms with Gasteiger partial charge in [-0.2, -0.15) is 0 Å². The number of pyridine rings is 1. The lowest BCUT2D eigenvalue weighted by Gasteiger charge is -2.58. The third-order valence-electron chi connectivity index (χ3n) is 10.6. The maximum Gasteiger partial charge on any atom is 0.351 e. The van der Waals surface area contributed by atoms with Crippen LogP contribution in [-0.4, -0.2) is 41.2 Å². The van der Waals surface area contributed by atoms with Crippen LogP contribution in [0.5, 0.6) is 0 Å². The summed E-state index contributed by atoms with van der Waals surface area (Å²) in [6.07, 6.45) is 18.8. The van der Waals surface area contributed by atoms with E-state index in [1.165, 1.54) is 36.8 Å². The number of nitrogens with zero attached hydrogens (tertiary/aromatic N) is 3. The highest BCUT2D eigenvalue weighted by molar-refractivity contribution is 5.97. The number of rotatable bonds is 3. The molecule has 6 atom stereocenters. The highest BCUT2D eigenvalue weighted by Gasteiger charge is 2.57. The summed E-state index contributed by atoms with van der Waals surface area (Å²) < 4.78 is 0. The zero-order chi connectivity index (χ0) is 24.2. The van der Waals surface area contributed by atoms with Gasteiger partial charge in [-0.05, 0) is 123 Å². The summed E-state index contributed by atoms with van der Waals surface area (Å²) in [5, 5.41) is 4.35. The number of allylic oxidation sites excluding steroid dienone is 4. The number of carbonyl (C=O) groups excluding carboxylic acids is 1. The molecule has 0 aromatic carbocycles. The molecule has 2 heterocycles. The Labute approximate surface area is 209 Å². The van der Waals surface area contributed by atoms with Crippen LogP contribution >= 0.6 is 0 Å². The van der Waals surface area contributed by atoms with Crippen LogP contribution in [-0.2, 0) is 9.63 Å². The summed E-state index contributed by atoms with van der Waals surface area (Å²) in [4.78, 5) is 24.4. The molecule has 5 aliphatic rings. The van der Waals surface area contributed by atoms with Crippen LogP contribution < -0.4 is 0 Å². The summed E-state index contributed by atoms with van der Waals surface area (Å²) >= 11 is 0. The number of likely N-dealkylation sites (N-methyl/N-ethyl adjacent to an activating group) is 1. The molecule has 5 heteroatoms. The number of oxime groups is 1. The van der Waals surface area contributed by atoms with Crippen LogP contribution in [0.3, 0.4) is 0 Å². The number of hydrogen-bond acceptors (Lipinski definition) is 5. The van der Waals surface area contributed by atoms with Crippen LogP contribution in [0.15, 0.2) is 47.4 Å². The fraction of sp³-hybridized carbons (Fsp3) is 0.633. The van der Waals surface area contributed by atoms with Crippen molar-refractivity contribution < 1.29 is 9.63 Å². The first-order valence-electron chi connectivity index (χ1n) is 13.7. The van der Waals surface area contributed by atoms with Gasteiger partial charge < -0.3 is 4.84 Å². The molecule has 1 aliphatic heterocycles. The molecule has 0 amide bonds. The predicted octanol–water partition coefficient (Wildman–Crippen LogP) is 6.03. The Morgan fingerprint density at radius 3 is 2.80 bits per heavy atom. The monoisotopic (exact) mass is 473 g/mol. The zero-order valence-electron chi connectivity index (χ0n) is 21.5. The molecule has 0 N–H and O–H groups in total. The number of aromatic nitrogens is 1. The van der Waals surface area contributed by atoms with Crippen molar-refractivity contribution in [1.29, 1.82) is 0 Å². The lowest BCUT2D eigenvalue weighted by Crippen LogP contribution is -2.49. The first kappa shape index (κ1) is 23.1. The Morgan fingerprint density at radius 1 is 1.14 bits per heavy atom. The number of likely N-dealkylation sites (tertiary alicyclic amines) is 1. The number of hydrogen-bond donors (Lipinski definition) is 0. The van der Waals surface area contributed by atoms with Crippen LogP contribution in [0.1, 0.15) is 77.2 Å². The molecule has 0 radical (unpaired) electrons. The van der Waals surface area contributed by atoms with Gasteiger partial charge in [-0.1, -0.05) is 36.7 Å². The average Bonchev–Trinajstić information content (AvgIpc) is 3.45. The molecule has 3 fully saturated rings. The molecule has 1 saturated heterocycles. The second-order valence-corrected chi connectivity index (χ2v) is 12.2. The van der Waals surface area contributed by atoms with Gasteiger partial charge in [0.2, 0.25) is 0 Å². The summed E-state index contributed by atoms with van der Waals surface area (Å²) in [5.41, 5.74) is 5.86. The van der Waals surface area contributed by atoms with E-state index in [9.17, 15) is 4.79 Å². The van der Waals surface area contributed by atoms with Gasteiger partial charge in [-0.25, -0.2) is 4.79 Å². The van der Waals surface area contributed by atoms with Gasteiger partial charge in [0.15, 0.2) is 0 Å². The molecule has 5 nitrogen and oxygen atoms in total. The van der Waals surface area contributed by atoms with Crippen LogP contribution in [0.25, 0.3) is 5.57 Å². The minimum absolute atomic E-state index is 0.135. The maximum atomic E-state index is 12.5. The van der Waals surface area contributed by atoms with Crippen molar-refractivity contribution in [2.75, 3.05) is 13.6 Å². The second-order valence-electron chi connectivity index (χ2n) is 12.2. The number of carbonyl (C=O) groups is 1. The topological polar surface area (TPSA) is 54.8 Å². The van der Waals surface area contributed by atoms with Crippen molar-refractivity contribution in [2.24, 2.45) is 33.7 Å². The molecule has 0 bridgehead atoms. The van der Waals surface area contributed by atoms with E-state index in [1.807, 2.05) is 19.4 Å². The molecule has 1 aromatic rings. The van der Waals surface area contributed by atoms with Crippen molar-refractivity contribution in [3.8, 4) is 0 Å². The summed E-state index contributed by atoms with van der Waals surface area (Å²) in [6.45, 7) is 5.99. The Bertz CT molecular complexity index is 1090. The Kier molecular flexibility index (Phi) is 5.75. The predicted molar refractivity (Wildman–Crippen MR) is 138 cm³/mol. The van der Waals surface area contributed by atoms with Crippen molar-refractivity contribution in [1.82, 2.24) is 9.88 Å². The van der Waals surface area contributed by atoms with Gasteiger partial charge >= 0.3 is 5.97 Å². The minimum atomic E-state index is -0.197. The van der Waals surface area contributed by atoms with Gasteiger partial charge in [-0.15, -0.1) is 0 Å². The molecule has 0 spiro atoms. The van der Waals surface area contributed by atoms with Crippen LogP contribution in [0.4, 0.5) is 0 Å². The Hall–Kier alpha value is -2.27. The van der Waals surface area contributed by atoms with E-state index < -0.39 is 0 Å². The number of fused-ring (bicyclic) bond motifs is 5. The van der Waals surface area contributed by atoms with Crippen molar-refractivity contribution >= 4 is 17.3 Å². The lowest BCUT2D eigenvalue weighted by molar-refractivity contribution is -0.148. The molecule has 2 saturated carbocycles. The van der Waals surface area contributed by atoms with Crippen LogP contribution in [0, 0.1) is 28.6 Å². The molecule has 186 valence electrons. The van der Waals surface area contributed by atoms with E-state index in [4.69, 9.17) is 4.84 Å². The van der Waals surface area contributed by atoms with E-state index in [0.717, 1.165) is 62.1 Å². The van der Waals surface area contributed by atoms with E-state index in [-0.39, 0.29) is 22.8 Å². The summed E-state index contributed by atoms with van der Waals surface area (Å²) in [7, 11) is 1.99. The molecule has 4 aliphatic carbocycles. The molecule has 6 rings (SSSR count). The normalized spacial score (nSPS) is 39.9. The summed E-state index contributed by atoms with van der Waals surface area (Å²) in [5.74, 6) is 2.04. The van der Waals surface area contributed by atoms with Gasteiger partial charge in [0.05, 0.1) is 5.71 Å². The first-order chi connectivity index (χ1) is 16.9. The maximum absolute atomic E-state index is 12.5. The Morgan fingerprint density at radius 2 is 2.03 bits per heavy atom. The van der Waals surface area contributed by atoms with Gasteiger partial charge in [0, 0.05) is 12.4 Å². The zero-order valence-corrected chi connectivity index (χ0v) is 21.5. The third kappa shape index (κ3) is 3.73. The molecule has 5 unspecified atom stereocenters. The minimum Gasteiger partial charge on any atom is -0.316 e. The molecule has 1 aromatic heterocycles. The van der Waals surface area contributed by atoms with E-state index in [2.05, 4.69) is 53.2 Å². The highest BCUT2D eigenvalue weighted by atomic mass is 16.7. The molecule has 35 heavy (non-hydrogen) atoms. The average molecular weight is 474 g/mol. The van der Waals surface area contributed by atoms with E-state index in [0.29, 0.717) is 0 Å². The highest BCUT2D eigenvalue weighted by Crippen LogP contribution is 2.66. The van der Waals surface area contributed by atoms with Crippen LogP contribution in [0.2, 0.25) is 0 Å². The molecular weight excluding hydrogens is 434 g/mol. The first-order valence-corrected chi connectivity index (χ1v) is 13.7. The fourth-order valence-electron chi connectivity index (χ4n) is 8.55. The van der Waals surface area contributed by atoms with E-state index >= 15 is 0 Å². The standard InChI is InChI=1S/C30H39N3O2/c1-29-14-12-22(32-35-28(34)27-7-5-17-33(27)3)18-21(29)8-9-23-25-11-10-24(20-6-4-16-31-19-20)30(25,2)15-13-26(23)29/h4,6,10,16,18-19,23,25-27H,5,7-9,11-15,17H2,1-3H3/b32-22+/t23?,25-,26?,27?,29?,30?/m0/s1. The van der Waals surface area contributed by atoms with Gasteiger partial charge in [0.1, 0.15) is 6.04 Å². The SMILES string of the molecule is CN1CCCC1C(=O)O/N=C1/C=C2CCC3C(CCC4(C)C(c5cccnc5)=CC[C@@H]34)C2(C)CC1. The quantitative estimate of drug-likeness (QED) is 0.397. The largest absolute Gasteiger partial charge is 0.351 e. The second kappa shape index (κ2) is 8.69. The van der Waals surface area contributed by atoms with Crippen molar-refractivity contribution in [3.05, 3.63) is 47.8 Å². The lowest BCUT2D eigenvalue weighted by atomic mass is 9.46. The smallest absolute Gasteiger partial charge is 0.316 e.